The van der Waals surface area contributed by atoms with Crippen molar-refractivity contribution in [1.29, 1.82) is 0 Å². The Morgan fingerprint density at radius 1 is 1.23 bits per heavy atom. The number of amides is 1. The van der Waals surface area contributed by atoms with Crippen molar-refractivity contribution in [2.45, 2.75) is 6.42 Å². The summed E-state index contributed by atoms with van der Waals surface area (Å²) in [6.07, 6.45) is 2.63. The van der Waals surface area contributed by atoms with Crippen LogP contribution in [0.4, 0.5) is 0 Å². The smallest absolute Gasteiger partial charge is 0.276 e. The average molecular weight is 320 g/mol. The molecule has 0 spiro atoms. The van der Waals surface area contributed by atoms with Gasteiger partial charge in [0.05, 0.1) is 11.9 Å². The lowest BCUT2D eigenvalue weighted by atomic mass is 10.3. The zero-order chi connectivity index (χ0) is 15.5. The van der Waals surface area contributed by atoms with E-state index in [9.17, 15) is 4.79 Å². The van der Waals surface area contributed by atoms with Crippen molar-refractivity contribution in [2.75, 3.05) is 33.2 Å². The van der Waals surface area contributed by atoms with Gasteiger partial charge in [0.15, 0.2) is 5.69 Å². The molecule has 1 aromatic carbocycles. The molecule has 0 unspecified atom stereocenters. The molecule has 1 fully saturated rings. The number of aromatic nitrogens is 3. The van der Waals surface area contributed by atoms with Gasteiger partial charge in [-0.15, -0.1) is 5.10 Å². The molecule has 0 atom stereocenters. The van der Waals surface area contributed by atoms with Gasteiger partial charge in [0, 0.05) is 24.7 Å². The topological polar surface area (TPSA) is 54.3 Å². The number of halogens is 1. The first-order valence-corrected chi connectivity index (χ1v) is 7.67. The summed E-state index contributed by atoms with van der Waals surface area (Å²) in [7, 11) is 2.07. The Morgan fingerprint density at radius 2 is 2.09 bits per heavy atom. The van der Waals surface area contributed by atoms with Crippen molar-refractivity contribution in [2.24, 2.45) is 0 Å². The minimum atomic E-state index is -0.0661. The third-order valence-electron chi connectivity index (χ3n) is 3.79. The van der Waals surface area contributed by atoms with Gasteiger partial charge in [-0.2, -0.15) is 0 Å². The molecule has 6 nitrogen and oxygen atoms in total. The molecule has 2 heterocycles. The lowest BCUT2D eigenvalue weighted by Crippen LogP contribution is -2.34. The molecule has 22 heavy (non-hydrogen) atoms. The Labute approximate surface area is 134 Å². The Hall–Kier alpha value is -1.92. The van der Waals surface area contributed by atoms with Gasteiger partial charge < -0.3 is 9.80 Å². The van der Waals surface area contributed by atoms with Crippen LogP contribution in [-0.4, -0.2) is 63.9 Å². The van der Waals surface area contributed by atoms with Gasteiger partial charge in [-0.3, -0.25) is 4.79 Å². The number of hydrogen-bond acceptors (Lipinski definition) is 4. The van der Waals surface area contributed by atoms with Crippen molar-refractivity contribution in [1.82, 2.24) is 24.8 Å². The molecular formula is C15H18ClN5O. The normalized spacial score (nSPS) is 16.5. The minimum Gasteiger partial charge on any atom is -0.336 e. The van der Waals surface area contributed by atoms with Crippen LogP contribution in [0.5, 0.6) is 0 Å². The highest BCUT2D eigenvalue weighted by Crippen LogP contribution is 2.14. The number of benzene rings is 1. The predicted molar refractivity (Wildman–Crippen MR) is 84.4 cm³/mol. The SMILES string of the molecule is CN1CCCN(C(=O)c2cn(-c3cccc(Cl)c3)nn2)CC1. The lowest BCUT2D eigenvalue weighted by Gasteiger charge is -2.18. The average Bonchev–Trinajstić information content (AvgIpc) is 2.90. The van der Waals surface area contributed by atoms with Crippen LogP contribution < -0.4 is 0 Å². The van der Waals surface area contributed by atoms with Crippen LogP contribution in [0.2, 0.25) is 5.02 Å². The fraction of sp³-hybridized carbons (Fsp3) is 0.400. The number of rotatable bonds is 2. The summed E-state index contributed by atoms with van der Waals surface area (Å²) in [4.78, 5) is 16.6. The van der Waals surface area contributed by atoms with Crippen LogP contribution in [0.1, 0.15) is 16.9 Å². The van der Waals surface area contributed by atoms with E-state index in [0.29, 0.717) is 10.7 Å². The summed E-state index contributed by atoms with van der Waals surface area (Å²) in [5.41, 5.74) is 1.15. The summed E-state index contributed by atoms with van der Waals surface area (Å²) in [6, 6.07) is 7.29. The highest BCUT2D eigenvalue weighted by atomic mass is 35.5. The highest BCUT2D eigenvalue weighted by Gasteiger charge is 2.21. The summed E-state index contributed by atoms with van der Waals surface area (Å²) >= 11 is 5.98. The summed E-state index contributed by atoms with van der Waals surface area (Å²) in [6.45, 7) is 3.37. The largest absolute Gasteiger partial charge is 0.336 e. The predicted octanol–water partition coefficient (Wildman–Crippen LogP) is 1.70. The van der Waals surface area contributed by atoms with E-state index in [1.54, 1.807) is 23.0 Å². The van der Waals surface area contributed by atoms with Crippen LogP contribution in [0, 0.1) is 0 Å². The van der Waals surface area contributed by atoms with Crippen molar-refractivity contribution >= 4 is 17.5 Å². The first-order chi connectivity index (χ1) is 10.6. The maximum atomic E-state index is 12.5. The molecule has 1 aliphatic heterocycles. The molecule has 1 aliphatic rings. The summed E-state index contributed by atoms with van der Waals surface area (Å²) in [5, 5.41) is 8.67. The number of likely N-dealkylation sites (N-methyl/N-ethyl adjacent to an activating group) is 1. The van der Waals surface area contributed by atoms with E-state index in [1.807, 2.05) is 17.0 Å². The second-order valence-electron chi connectivity index (χ2n) is 5.48. The monoisotopic (exact) mass is 319 g/mol. The van der Waals surface area contributed by atoms with Crippen molar-refractivity contribution in [3.8, 4) is 5.69 Å². The molecule has 7 heteroatoms. The van der Waals surface area contributed by atoms with E-state index in [-0.39, 0.29) is 5.91 Å². The molecule has 0 N–H and O–H groups in total. The second-order valence-corrected chi connectivity index (χ2v) is 5.91. The Balaban J connectivity index is 1.77. The van der Waals surface area contributed by atoms with Gasteiger partial charge in [0.25, 0.3) is 5.91 Å². The Kier molecular flexibility index (Phi) is 4.40. The highest BCUT2D eigenvalue weighted by molar-refractivity contribution is 6.30. The quantitative estimate of drug-likeness (QED) is 0.845. The third-order valence-corrected chi connectivity index (χ3v) is 4.03. The minimum absolute atomic E-state index is 0.0661. The molecule has 116 valence electrons. The first kappa shape index (κ1) is 15.0. The van der Waals surface area contributed by atoms with Gasteiger partial charge in [-0.25, -0.2) is 4.68 Å². The van der Waals surface area contributed by atoms with Crippen molar-refractivity contribution in [3.63, 3.8) is 0 Å². The molecular weight excluding hydrogens is 302 g/mol. The van der Waals surface area contributed by atoms with Crippen LogP contribution in [0.25, 0.3) is 5.69 Å². The Morgan fingerprint density at radius 3 is 2.91 bits per heavy atom. The zero-order valence-corrected chi connectivity index (χ0v) is 13.2. The van der Waals surface area contributed by atoms with E-state index in [2.05, 4.69) is 22.3 Å². The third kappa shape index (κ3) is 3.28. The maximum absolute atomic E-state index is 12.5. The van der Waals surface area contributed by atoms with Gasteiger partial charge in [0.2, 0.25) is 0 Å². The lowest BCUT2D eigenvalue weighted by molar-refractivity contribution is 0.0757. The standard InChI is InChI=1S/C15H18ClN5O/c1-19-6-3-7-20(9-8-19)15(22)14-11-21(18-17-14)13-5-2-4-12(16)10-13/h2,4-5,10-11H,3,6-9H2,1H3. The van der Waals surface area contributed by atoms with Gasteiger partial charge >= 0.3 is 0 Å². The fourth-order valence-corrected chi connectivity index (χ4v) is 2.70. The Bertz CT molecular complexity index is 671. The summed E-state index contributed by atoms with van der Waals surface area (Å²) < 4.78 is 1.57. The van der Waals surface area contributed by atoms with E-state index in [1.165, 1.54) is 0 Å². The number of nitrogens with zero attached hydrogens (tertiary/aromatic N) is 5. The van der Waals surface area contributed by atoms with Crippen LogP contribution in [0.3, 0.4) is 0 Å². The molecule has 0 bridgehead atoms. The van der Waals surface area contributed by atoms with Crippen molar-refractivity contribution < 1.29 is 4.79 Å². The van der Waals surface area contributed by atoms with Crippen LogP contribution in [-0.2, 0) is 0 Å². The van der Waals surface area contributed by atoms with Gasteiger partial charge in [-0.1, -0.05) is 22.9 Å². The molecule has 3 rings (SSSR count). The molecule has 0 aliphatic carbocycles. The fourth-order valence-electron chi connectivity index (χ4n) is 2.52. The number of carbonyl (C=O) groups is 1. The molecule has 0 radical (unpaired) electrons. The zero-order valence-electron chi connectivity index (χ0n) is 12.4. The first-order valence-electron chi connectivity index (χ1n) is 7.29. The molecule has 0 saturated carbocycles. The van der Waals surface area contributed by atoms with Crippen LogP contribution >= 0.6 is 11.6 Å². The molecule has 1 amide bonds. The maximum Gasteiger partial charge on any atom is 0.276 e. The van der Waals surface area contributed by atoms with E-state index >= 15 is 0 Å². The summed E-state index contributed by atoms with van der Waals surface area (Å²) in [5.74, 6) is -0.0661. The van der Waals surface area contributed by atoms with E-state index in [4.69, 9.17) is 11.6 Å². The van der Waals surface area contributed by atoms with Crippen LogP contribution in [0.15, 0.2) is 30.5 Å². The van der Waals surface area contributed by atoms with E-state index < -0.39 is 0 Å². The molecule has 1 aromatic heterocycles. The second kappa shape index (κ2) is 6.46. The van der Waals surface area contributed by atoms with Crippen molar-refractivity contribution in [3.05, 3.63) is 41.2 Å². The molecule has 2 aromatic rings. The van der Waals surface area contributed by atoms with Gasteiger partial charge in [0.1, 0.15) is 0 Å². The van der Waals surface area contributed by atoms with E-state index in [0.717, 1.165) is 38.3 Å². The number of carbonyl (C=O) groups excluding carboxylic acids is 1. The van der Waals surface area contributed by atoms with Gasteiger partial charge in [-0.05, 0) is 38.2 Å². The molecule has 1 saturated heterocycles. The number of hydrogen-bond donors (Lipinski definition) is 0.